The van der Waals surface area contributed by atoms with E-state index in [1.165, 1.54) is 19.2 Å². The minimum absolute atomic E-state index is 0.0249. The number of aromatic nitrogens is 2. The number of nitrogens with one attached hydrogen (secondary N) is 1. The maximum absolute atomic E-state index is 12.6. The Bertz CT molecular complexity index is 782. The van der Waals surface area contributed by atoms with Gasteiger partial charge in [-0.15, -0.1) is 0 Å². The van der Waals surface area contributed by atoms with Crippen molar-refractivity contribution in [2.75, 3.05) is 13.6 Å². The number of nitrogens with zero attached hydrogens (tertiary/aromatic N) is 3. The summed E-state index contributed by atoms with van der Waals surface area (Å²) in [5.74, 6) is -0.261. The van der Waals surface area contributed by atoms with E-state index in [4.69, 9.17) is 4.42 Å². The maximum atomic E-state index is 12.6. The Morgan fingerprint density at radius 3 is 3.00 bits per heavy atom. The van der Waals surface area contributed by atoms with Crippen molar-refractivity contribution in [2.45, 2.75) is 30.5 Å². The molecule has 0 aromatic carbocycles. The van der Waals surface area contributed by atoms with E-state index in [1.54, 1.807) is 15.8 Å². The predicted molar refractivity (Wildman–Crippen MR) is 81.2 cm³/mol. The van der Waals surface area contributed by atoms with Crippen LogP contribution < -0.4 is 4.72 Å². The Balaban J connectivity index is 1.77. The molecule has 3 heterocycles. The number of rotatable bonds is 5. The number of sulfonamides is 1. The van der Waals surface area contributed by atoms with E-state index in [0.29, 0.717) is 13.1 Å². The first-order valence-corrected chi connectivity index (χ1v) is 8.81. The summed E-state index contributed by atoms with van der Waals surface area (Å²) < 4.78 is 32.6. The van der Waals surface area contributed by atoms with Crippen LogP contribution in [0.25, 0.3) is 0 Å². The Labute approximate surface area is 134 Å². The summed E-state index contributed by atoms with van der Waals surface area (Å²) in [7, 11) is -2.40. The van der Waals surface area contributed by atoms with Crippen LogP contribution in [0.3, 0.4) is 0 Å². The second-order valence-corrected chi connectivity index (χ2v) is 7.17. The Kier molecular flexibility index (Phi) is 4.22. The average molecular weight is 338 g/mol. The molecule has 9 heteroatoms. The first-order chi connectivity index (χ1) is 11.0. The summed E-state index contributed by atoms with van der Waals surface area (Å²) in [5, 5.41) is 3.90. The highest BCUT2D eigenvalue weighted by atomic mass is 32.2. The van der Waals surface area contributed by atoms with Crippen LogP contribution in [0, 0.1) is 0 Å². The van der Waals surface area contributed by atoms with Gasteiger partial charge in [-0.2, -0.15) is 5.10 Å². The first-order valence-electron chi connectivity index (χ1n) is 7.33. The molecule has 1 aliphatic rings. The van der Waals surface area contributed by atoms with E-state index in [2.05, 4.69) is 9.82 Å². The second kappa shape index (κ2) is 6.17. The fraction of sp³-hybridized carbons (Fsp3) is 0.429. The number of carbonyl (C=O) groups excluding carboxylic acids is 1. The number of carbonyl (C=O) groups is 1. The third-order valence-corrected chi connectivity index (χ3v) is 5.21. The third-order valence-electron chi connectivity index (χ3n) is 3.92. The first kappa shape index (κ1) is 15.8. The van der Waals surface area contributed by atoms with E-state index >= 15 is 0 Å². The van der Waals surface area contributed by atoms with Crippen molar-refractivity contribution in [3.8, 4) is 0 Å². The molecule has 1 N–H and O–H groups in total. The zero-order chi connectivity index (χ0) is 16.4. The number of amides is 1. The zero-order valence-electron chi connectivity index (χ0n) is 12.7. The quantitative estimate of drug-likeness (QED) is 0.865. The van der Waals surface area contributed by atoms with Gasteiger partial charge in [-0.3, -0.25) is 9.48 Å². The molecule has 0 unspecified atom stereocenters. The van der Waals surface area contributed by atoms with Gasteiger partial charge in [0.25, 0.3) is 15.9 Å². The van der Waals surface area contributed by atoms with Gasteiger partial charge in [0.05, 0.1) is 12.6 Å². The van der Waals surface area contributed by atoms with Crippen molar-refractivity contribution < 1.29 is 17.6 Å². The minimum Gasteiger partial charge on any atom is -0.438 e. The van der Waals surface area contributed by atoms with Crippen molar-refractivity contribution in [3.63, 3.8) is 0 Å². The summed E-state index contributed by atoms with van der Waals surface area (Å²) in [5.41, 5.74) is 0. The largest absolute Gasteiger partial charge is 0.438 e. The van der Waals surface area contributed by atoms with Gasteiger partial charge in [0.15, 0.2) is 5.76 Å². The molecule has 2 aromatic heterocycles. The van der Waals surface area contributed by atoms with Crippen LogP contribution in [0.15, 0.2) is 40.1 Å². The van der Waals surface area contributed by atoms with Crippen molar-refractivity contribution in [1.82, 2.24) is 19.4 Å². The normalized spacial score (nSPS) is 18.5. The molecule has 0 spiro atoms. The number of hydrogen-bond acceptors (Lipinski definition) is 5. The Morgan fingerprint density at radius 1 is 1.48 bits per heavy atom. The van der Waals surface area contributed by atoms with Gasteiger partial charge in [0, 0.05) is 18.9 Å². The molecule has 8 nitrogen and oxygen atoms in total. The van der Waals surface area contributed by atoms with Gasteiger partial charge in [-0.25, -0.2) is 13.1 Å². The van der Waals surface area contributed by atoms with Gasteiger partial charge in [-0.1, -0.05) is 0 Å². The molecular weight excluding hydrogens is 320 g/mol. The summed E-state index contributed by atoms with van der Waals surface area (Å²) in [6.07, 6.45) is 5.34. The second-order valence-electron chi connectivity index (χ2n) is 5.35. The lowest BCUT2D eigenvalue weighted by Gasteiger charge is -2.23. The minimum atomic E-state index is -3.69. The highest BCUT2D eigenvalue weighted by Gasteiger charge is 2.32. The van der Waals surface area contributed by atoms with E-state index in [9.17, 15) is 13.2 Å². The molecular formula is C14H18N4O4S. The van der Waals surface area contributed by atoms with Crippen molar-refractivity contribution in [2.24, 2.45) is 0 Å². The lowest BCUT2D eigenvalue weighted by molar-refractivity contribution is 0.0683. The van der Waals surface area contributed by atoms with Crippen LogP contribution in [-0.4, -0.2) is 48.6 Å². The van der Waals surface area contributed by atoms with Crippen LogP contribution in [0.5, 0.6) is 0 Å². The zero-order valence-corrected chi connectivity index (χ0v) is 13.5. The van der Waals surface area contributed by atoms with E-state index in [-0.39, 0.29) is 22.8 Å². The van der Waals surface area contributed by atoms with Gasteiger partial charge in [-0.05, 0) is 38.1 Å². The summed E-state index contributed by atoms with van der Waals surface area (Å²) in [6.45, 7) is 1.24. The van der Waals surface area contributed by atoms with E-state index in [0.717, 1.165) is 12.8 Å². The molecule has 0 radical (unpaired) electrons. The molecule has 1 amide bonds. The highest BCUT2D eigenvalue weighted by Crippen LogP contribution is 2.23. The molecule has 2 aromatic rings. The van der Waals surface area contributed by atoms with Crippen molar-refractivity contribution >= 4 is 15.9 Å². The fourth-order valence-corrected chi connectivity index (χ4v) is 3.39. The molecule has 1 atom stereocenters. The van der Waals surface area contributed by atoms with Gasteiger partial charge >= 0.3 is 0 Å². The van der Waals surface area contributed by atoms with Crippen molar-refractivity contribution in [3.05, 3.63) is 36.4 Å². The topological polar surface area (TPSA) is 97.4 Å². The van der Waals surface area contributed by atoms with Crippen molar-refractivity contribution in [1.29, 1.82) is 0 Å². The third kappa shape index (κ3) is 3.15. The summed E-state index contributed by atoms with van der Waals surface area (Å²) in [6, 6.07) is 4.55. The molecule has 0 aliphatic carbocycles. The molecule has 1 saturated heterocycles. The van der Waals surface area contributed by atoms with Crippen LogP contribution >= 0.6 is 0 Å². The number of likely N-dealkylation sites (tertiary alicyclic amines) is 1. The molecule has 1 fully saturated rings. The molecule has 1 aliphatic heterocycles. The molecule has 124 valence electrons. The van der Waals surface area contributed by atoms with Crippen LogP contribution in [0.4, 0.5) is 0 Å². The fourth-order valence-electron chi connectivity index (χ4n) is 2.74. The Hall–Kier alpha value is -2.13. The standard InChI is InChI=1S/C14H18N4O4S/c1-15-23(20,21)13-6-5-12(22-13)14(19)18-9-2-4-11(18)10-17-8-3-7-16-17/h3,5-8,11,15H,2,4,9-10H2,1H3/t11-/m1/s1. The maximum Gasteiger partial charge on any atom is 0.289 e. The average Bonchev–Trinajstić information content (AvgIpc) is 3.28. The molecule has 0 saturated carbocycles. The number of hydrogen-bond donors (Lipinski definition) is 1. The lowest BCUT2D eigenvalue weighted by Crippen LogP contribution is -2.38. The predicted octanol–water partition coefficient (Wildman–Crippen LogP) is 0.689. The molecule has 23 heavy (non-hydrogen) atoms. The smallest absolute Gasteiger partial charge is 0.289 e. The van der Waals surface area contributed by atoms with Crippen LogP contribution in [-0.2, 0) is 16.6 Å². The Morgan fingerprint density at radius 2 is 2.30 bits per heavy atom. The van der Waals surface area contributed by atoms with Gasteiger partial charge in [0.2, 0.25) is 5.09 Å². The van der Waals surface area contributed by atoms with Crippen LogP contribution in [0.1, 0.15) is 23.4 Å². The van der Waals surface area contributed by atoms with Crippen LogP contribution in [0.2, 0.25) is 0 Å². The SMILES string of the molecule is CNS(=O)(=O)c1ccc(C(=O)N2CCC[C@@H]2Cn2cccn2)o1. The number of furan rings is 1. The molecule has 3 rings (SSSR count). The summed E-state index contributed by atoms with van der Waals surface area (Å²) >= 11 is 0. The van der Waals surface area contributed by atoms with Gasteiger partial charge in [0.1, 0.15) is 0 Å². The van der Waals surface area contributed by atoms with Gasteiger partial charge < -0.3 is 9.32 Å². The summed E-state index contributed by atoms with van der Waals surface area (Å²) in [4.78, 5) is 14.3. The molecule has 0 bridgehead atoms. The van der Waals surface area contributed by atoms with E-state index in [1.807, 2.05) is 12.3 Å². The highest BCUT2D eigenvalue weighted by molar-refractivity contribution is 7.89. The van der Waals surface area contributed by atoms with E-state index < -0.39 is 10.0 Å². The monoisotopic (exact) mass is 338 g/mol. The lowest BCUT2D eigenvalue weighted by atomic mass is 10.2.